The normalized spacial score (nSPS) is 11.9. The molecule has 15 heavy (non-hydrogen) atoms. The molecule has 3 nitrogen and oxygen atoms in total. The lowest BCUT2D eigenvalue weighted by Crippen LogP contribution is -2.24. The molecule has 0 fully saturated rings. The zero-order valence-electron chi connectivity index (χ0n) is 9.21. The van der Waals surface area contributed by atoms with Crippen LogP contribution in [0, 0.1) is 6.92 Å². The van der Waals surface area contributed by atoms with Crippen molar-refractivity contribution in [3.05, 3.63) is 28.2 Å². The number of benzene rings is 1. The van der Waals surface area contributed by atoms with Gasteiger partial charge < -0.3 is 11.1 Å². The van der Waals surface area contributed by atoms with Crippen molar-refractivity contribution in [1.82, 2.24) is 0 Å². The Balaban J connectivity index is 2.86. The first kappa shape index (κ1) is 12.0. The number of guanidine groups is 1. The van der Waals surface area contributed by atoms with E-state index >= 15 is 0 Å². The standard InChI is InChI=1S/C11H16BrN3/c1-7(2)14-11(13)15-10-6-4-5-9(12)8(10)3/h4-7H,1-3H3,(H3,13,14,15). The largest absolute Gasteiger partial charge is 0.370 e. The highest BCUT2D eigenvalue weighted by molar-refractivity contribution is 9.10. The van der Waals surface area contributed by atoms with Crippen LogP contribution in [-0.2, 0) is 0 Å². The quantitative estimate of drug-likeness (QED) is 0.641. The molecule has 0 saturated carbocycles. The smallest absolute Gasteiger partial charge is 0.193 e. The maximum absolute atomic E-state index is 5.75. The molecule has 0 spiro atoms. The Hall–Kier alpha value is -1.03. The van der Waals surface area contributed by atoms with Crippen LogP contribution in [0.2, 0.25) is 0 Å². The Labute approximate surface area is 98.9 Å². The van der Waals surface area contributed by atoms with Crippen LogP contribution in [-0.4, -0.2) is 12.0 Å². The van der Waals surface area contributed by atoms with E-state index in [1.807, 2.05) is 39.0 Å². The fourth-order valence-corrected chi connectivity index (χ4v) is 1.56. The fraction of sp³-hybridized carbons (Fsp3) is 0.364. The van der Waals surface area contributed by atoms with Crippen LogP contribution in [0.4, 0.5) is 5.69 Å². The molecule has 1 aromatic rings. The molecule has 0 unspecified atom stereocenters. The Morgan fingerprint density at radius 2 is 2.13 bits per heavy atom. The van der Waals surface area contributed by atoms with Gasteiger partial charge in [0.25, 0.3) is 0 Å². The van der Waals surface area contributed by atoms with Crippen LogP contribution >= 0.6 is 15.9 Å². The monoisotopic (exact) mass is 269 g/mol. The molecule has 0 saturated heterocycles. The summed E-state index contributed by atoms with van der Waals surface area (Å²) in [6, 6.07) is 6.13. The van der Waals surface area contributed by atoms with Crippen molar-refractivity contribution < 1.29 is 0 Å². The summed E-state index contributed by atoms with van der Waals surface area (Å²) >= 11 is 3.47. The molecule has 0 aromatic heterocycles. The lowest BCUT2D eigenvalue weighted by molar-refractivity contribution is 0.833. The average Bonchev–Trinajstić information content (AvgIpc) is 2.11. The molecule has 0 bridgehead atoms. The second-order valence-electron chi connectivity index (χ2n) is 3.65. The number of halogens is 1. The van der Waals surface area contributed by atoms with E-state index in [4.69, 9.17) is 5.73 Å². The Bertz CT molecular complexity index is 372. The molecule has 1 aromatic carbocycles. The lowest BCUT2D eigenvalue weighted by Gasteiger charge is -2.10. The molecule has 0 aliphatic rings. The first-order chi connectivity index (χ1) is 7.00. The van der Waals surface area contributed by atoms with Crippen molar-refractivity contribution in [3.63, 3.8) is 0 Å². The first-order valence-electron chi connectivity index (χ1n) is 4.86. The number of aliphatic imine (C=N–C) groups is 1. The summed E-state index contributed by atoms with van der Waals surface area (Å²) in [7, 11) is 0. The predicted octanol–water partition coefficient (Wildman–Crippen LogP) is 2.89. The van der Waals surface area contributed by atoms with Gasteiger partial charge in [0.2, 0.25) is 0 Å². The molecule has 4 heteroatoms. The molecule has 1 rings (SSSR count). The van der Waals surface area contributed by atoms with Gasteiger partial charge >= 0.3 is 0 Å². The van der Waals surface area contributed by atoms with E-state index in [-0.39, 0.29) is 6.04 Å². The number of rotatable bonds is 2. The summed E-state index contributed by atoms with van der Waals surface area (Å²) in [6.07, 6.45) is 0. The van der Waals surface area contributed by atoms with Gasteiger partial charge in [0.15, 0.2) is 5.96 Å². The lowest BCUT2D eigenvalue weighted by atomic mass is 10.2. The maximum atomic E-state index is 5.75. The van der Waals surface area contributed by atoms with Crippen LogP contribution in [0.15, 0.2) is 27.7 Å². The van der Waals surface area contributed by atoms with E-state index in [1.54, 1.807) is 0 Å². The number of nitrogens with two attached hydrogens (primary N) is 1. The number of hydrogen-bond donors (Lipinski definition) is 2. The minimum absolute atomic E-state index is 0.199. The summed E-state index contributed by atoms with van der Waals surface area (Å²) < 4.78 is 1.06. The van der Waals surface area contributed by atoms with Crippen molar-refractivity contribution in [2.24, 2.45) is 10.7 Å². The van der Waals surface area contributed by atoms with Gasteiger partial charge in [0.05, 0.1) is 0 Å². The minimum atomic E-state index is 0.199. The summed E-state index contributed by atoms with van der Waals surface area (Å²) in [4.78, 5) is 4.21. The Morgan fingerprint density at radius 3 is 2.73 bits per heavy atom. The van der Waals surface area contributed by atoms with Crippen LogP contribution in [0.5, 0.6) is 0 Å². The van der Waals surface area contributed by atoms with Gasteiger partial charge in [0, 0.05) is 16.2 Å². The zero-order chi connectivity index (χ0) is 11.4. The SMILES string of the molecule is Cc1c(Br)cccc1NC(N)=NC(C)C. The van der Waals surface area contributed by atoms with Crippen molar-refractivity contribution in [2.75, 3.05) is 5.32 Å². The van der Waals surface area contributed by atoms with Crippen molar-refractivity contribution in [1.29, 1.82) is 0 Å². The molecule has 0 amide bonds. The predicted molar refractivity (Wildman–Crippen MR) is 69.3 cm³/mol. The fourth-order valence-electron chi connectivity index (χ4n) is 1.19. The topological polar surface area (TPSA) is 50.4 Å². The summed E-state index contributed by atoms with van der Waals surface area (Å²) in [5.74, 6) is 0.450. The molecule has 0 atom stereocenters. The number of anilines is 1. The number of nitrogens with one attached hydrogen (secondary N) is 1. The summed E-state index contributed by atoms with van der Waals surface area (Å²) in [5.41, 5.74) is 7.85. The van der Waals surface area contributed by atoms with E-state index in [2.05, 4.69) is 26.2 Å². The minimum Gasteiger partial charge on any atom is -0.370 e. The van der Waals surface area contributed by atoms with Crippen LogP contribution in [0.1, 0.15) is 19.4 Å². The van der Waals surface area contributed by atoms with Crippen molar-refractivity contribution in [3.8, 4) is 0 Å². The summed E-state index contributed by atoms with van der Waals surface area (Å²) in [5, 5.41) is 3.08. The molecule has 82 valence electrons. The molecule has 0 aliphatic carbocycles. The second-order valence-corrected chi connectivity index (χ2v) is 4.50. The van der Waals surface area contributed by atoms with Gasteiger partial charge in [-0.2, -0.15) is 0 Å². The second kappa shape index (κ2) is 5.16. The third-order valence-electron chi connectivity index (χ3n) is 1.93. The van der Waals surface area contributed by atoms with Gasteiger partial charge in [-0.3, -0.25) is 4.99 Å². The molecule has 0 radical (unpaired) electrons. The van der Waals surface area contributed by atoms with Crippen LogP contribution in [0.25, 0.3) is 0 Å². The average molecular weight is 270 g/mol. The third-order valence-corrected chi connectivity index (χ3v) is 2.79. The number of hydrogen-bond acceptors (Lipinski definition) is 1. The van der Waals surface area contributed by atoms with Gasteiger partial charge in [-0.05, 0) is 38.5 Å². The van der Waals surface area contributed by atoms with Gasteiger partial charge in [-0.15, -0.1) is 0 Å². The van der Waals surface area contributed by atoms with Crippen LogP contribution in [0.3, 0.4) is 0 Å². The third kappa shape index (κ3) is 3.55. The first-order valence-corrected chi connectivity index (χ1v) is 5.65. The molecule has 0 aliphatic heterocycles. The van der Waals surface area contributed by atoms with E-state index in [0.717, 1.165) is 15.7 Å². The van der Waals surface area contributed by atoms with E-state index in [9.17, 15) is 0 Å². The van der Waals surface area contributed by atoms with Gasteiger partial charge in [-0.1, -0.05) is 22.0 Å². The van der Waals surface area contributed by atoms with Crippen LogP contribution < -0.4 is 11.1 Å². The molecule has 3 N–H and O–H groups in total. The maximum Gasteiger partial charge on any atom is 0.193 e. The highest BCUT2D eigenvalue weighted by Crippen LogP contribution is 2.23. The zero-order valence-corrected chi connectivity index (χ0v) is 10.8. The highest BCUT2D eigenvalue weighted by Gasteiger charge is 2.02. The van der Waals surface area contributed by atoms with E-state index in [1.165, 1.54) is 0 Å². The number of nitrogens with zero attached hydrogens (tertiary/aromatic N) is 1. The Kier molecular flexibility index (Phi) is 4.15. The molecular formula is C11H16BrN3. The van der Waals surface area contributed by atoms with Crippen molar-refractivity contribution in [2.45, 2.75) is 26.8 Å². The Morgan fingerprint density at radius 1 is 1.47 bits per heavy atom. The van der Waals surface area contributed by atoms with Gasteiger partial charge in [0.1, 0.15) is 0 Å². The molecular weight excluding hydrogens is 254 g/mol. The van der Waals surface area contributed by atoms with E-state index in [0.29, 0.717) is 5.96 Å². The summed E-state index contributed by atoms with van der Waals surface area (Å²) in [6.45, 7) is 6.00. The van der Waals surface area contributed by atoms with Gasteiger partial charge in [-0.25, -0.2) is 0 Å². The highest BCUT2D eigenvalue weighted by atomic mass is 79.9. The van der Waals surface area contributed by atoms with E-state index < -0.39 is 0 Å². The van der Waals surface area contributed by atoms with Crippen molar-refractivity contribution >= 4 is 27.6 Å². The molecule has 0 heterocycles.